The molecule has 3 atom stereocenters. The van der Waals surface area contributed by atoms with E-state index in [4.69, 9.17) is 9.31 Å². The summed E-state index contributed by atoms with van der Waals surface area (Å²) in [7, 11) is -1.28. The third-order valence-electron chi connectivity index (χ3n) is 5.26. The lowest BCUT2D eigenvalue weighted by molar-refractivity contribution is -0.157. The van der Waals surface area contributed by atoms with Gasteiger partial charge in [0.15, 0.2) is 6.10 Å². The zero-order chi connectivity index (χ0) is 25.4. The Kier molecular flexibility index (Phi) is 8.90. The highest BCUT2D eigenvalue weighted by molar-refractivity contribution is 6.50. The standard InChI is InChI=1S/C23H27BN4O7/c1-14(2)10-19(24-34-18(23(32)33)12-20(29)35-24)28-21(30)16(11-15-6-4-3-5-7-15)27-22(31)17-13-25-8-9-26-17/h3-9,13-14,16,18-19H,10-12H2,1-2H3,(H,27,31)(H,28,30)(H,32,33)/t16?,18-,19?/m1/s1. The maximum absolute atomic E-state index is 13.4. The number of nitrogens with zero attached hydrogens (tertiary/aromatic N) is 2. The number of carboxylic acids is 1. The normalized spacial score (nSPS) is 17.3. The quantitative estimate of drug-likeness (QED) is 0.417. The van der Waals surface area contributed by atoms with Crippen LogP contribution in [0, 0.1) is 5.92 Å². The number of carbonyl (C=O) groups excluding carboxylic acids is 3. The fraction of sp³-hybridized carbons (Fsp3) is 0.391. The van der Waals surface area contributed by atoms with E-state index in [0.717, 1.165) is 5.56 Å². The van der Waals surface area contributed by atoms with E-state index in [1.165, 1.54) is 18.6 Å². The number of carboxylic acid groups (broad SMARTS) is 1. The minimum Gasteiger partial charge on any atom is -0.508 e. The highest BCUT2D eigenvalue weighted by atomic mass is 16.6. The minimum absolute atomic E-state index is 0.0472. The number of amides is 2. The monoisotopic (exact) mass is 482 g/mol. The van der Waals surface area contributed by atoms with Crippen molar-refractivity contribution in [1.82, 2.24) is 20.6 Å². The Morgan fingerprint density at radius 3 is 2.54 bits per heavy atom. The molecule has 2 unspecified atom stereocenters. The van der Waals surface area contributed by atoms with Crippen LogP contribution in [0.2, 0.25) is 0 Å². The van der Waals surface area contributed by atoms with Gasteiger partial charge in [0, 0.05) is 18.8 Å². The predicted octanol–water partition coefficient (Wildman–Crippen LogP) is 0.793. The molecule has 0 bridgehead atoms. The van der Waals surface area contributed by atoms with Crippen molar-refractivity contribution in [2.24, 2.45) is 5.92 Å². The van der Waals surface area contributed by atoms with E-state index in [9.17, 15) is 24.3 Å². The molecule has 1 aromatic heterocycles. The lowest BCUT2D eigenvalue weighted by atomic mass is 9.72. The van der Waals surface area contributed by atoms with Crippen LogP contribution in [0.25, 0.3) is 0 Å². The van der Waals surface area contributed by atoms with Crippen LogP contribution in [-0.4, -0.2) is 64.0 Å². The number of aromatic nitrogens is 2. The van der Waals surface area contributed by atoms with Crippen molar-refractivity contribution >= 4 is 30.9 Å². The largest absolute Gasteiger partial charge is 0.551 e. The number of nitrogens with one attached hydrogen (secondary N) is 2. The second-order valence-corrected chi connectivity index (χ2v) is 8.58. The molecule has 1 aliphatic heterocycles. The third kappa shape index (κ3) is 7.61. The molecule has 11 nitrogen and oxygen atoms in total. The van der Waals surface area contributed by atoms with Gasteiger partial charge in [0.1, 0.15) is 11.7 Å². The fourth-order valence-electron chi connectivity index (χ4n) is 3.63. The van der Waals surface area contributed by atoms with Crippen molar-refractivity contribution in [3.63, 3.8) is 0 Å². The van der Waals surface area contributed by atoms with Crippen LogP contribution in [0.4, 0.5) is 0 Å². The molecule has 12 heteroatoms. The zero-order valence-electron chi connectivity index (χ0n) is 19.4. The molecule has 0 radical (unpaired) electrons. The predicted molar refractivity (Wildman–Crippen MR) is 124 cm³/mol. The topological polar surface area (TPSA) is 157 Å². The van der Waals surface area contributed by atoms with Gasteiger partial charge in [-0.3, -0.25) is 19.4 Å². The van der Waals surface area contributed by atoms with E-state index in [2.05, 4.69) is 20.6 Å². The Hall–Kier alpha value is -3.80. The molecule has 35 heavy (non-hydrogen) atoms. The summed E-state index contributed by atoms with van der Waals surface area (Å²) < 4.78 is 10.7. The number of rotatable bonds is 10. The van der Waals surface area contributed by atoms with Gasteiger partial charge >= 0.3 is 13.1 Å². The second-order valence-electron chi connectivity index (χ2n) is 8.58. The van der Waals surface area contributed by atoms with E-state index >= 15 is 0 Å². The summed E-state index contributed by atoms with van der Waals surface area (Å²) in [5.41, 5.74) is 0.852. The van der Waals surface area contributed by atoms with Crippen molar-refractivity contribution < 1.29 is 33.6 Å². The van der Waals surface area contributed by atoms with E-state index in [-0.39, 0.29) is 18.0 Å². The van der Waals surface area contributed by atoms with Gasteiger partial charge in [-0.15, -0.1) is 0 Å². The highest BCUT2D eigenvalue weighted by Crippen LogP contribution is 2.18. The minimum atomic E-state index is -1.37. The summed E-state index contributed by atoms with van der Waals surface area (Å²) in [5.74, 6) is -3.93. The molecule has 1 fully saturated rings. The molecule has 1 aromatic carbocycles. The Morgan fingerprint density at radius 1 is 1.17 bits per heavy atom. The van der Waals surface area contributed by atoms with E-state index in [0.29, 0.717) is 6.42 Å². The Balaban J connectivity index is 1.80. The first-order chi connectivity index (χ1) is 16.7. The van der Waals surface area contributed by atoms with Gasteiger partial charge in [0.05, 0.1) is 18.6 Å². The first-order valence-electron chi connectivity index (χ1n) is 11.2. The van der Waals surface area contributed by atoms with Crippen LogP contribution in [0.1, 0.15) is 42.7 Å². The average molecular weight is 482 g/mol. The number of benzene rings is 1. The molecule has 1 aliphatic rings. The maximum Gasteiger partial charge on any atom is 0.551 e. The van der Waals surface area contributed by atoms with Crippen molar-refractivity contribution in [3.05, 3.63) is 60.2 Å². The van der Waals surface area contributed by atoms with Crippen molar-refractivity contribution in [2.45, 2.75) is 51.2 Å². The smallest absolute Gasteiger partial charge is 0.508 e. The number of aliphatic carboxylic acids is 1. The summed E-state index contributed by atoms with van der Waals surface area (Å²) >= 11 is 0. The van der Waals surface area contributed by atoms with Gasteiger partial charge in [-0.05, 0) is 17.9 Å². The summed E-state index contributed by atoms with van der Waals surface area (Å²) in [6.45, 7) is 3.80. The van der Waals surface area contributed by atoms with Gasteiger partial charge in [0.2, 0.25) is 5.91 Å². The van der Waals surface area contributed by atoms with Gasteiger partial charge in [-0.25, -0.2) is 9.78 Å². The first-order valence-corrected chi connectivity index (χ1v) is 11.2. The van der Waals surface area contributed by atoms with Crippen LogP contribution in [0.5, 0.6) is 0 Å². The van der Waals surface area contributed by atoms with E-state index in [1.807, 2.05) is 44.2 Å². The van der Waals surface area contributed by atoms with Crippen LogP contribution < -0.4 is 10.6 Å². The fourth-order valence-corrected chi connectivity index (χ4v) is 3.63. The zero-order valence-corrected chi connectivity index (χ0v) is 19.4. The molecule has 2 aromatic rings. The molecule has 2 heterocycles. The van der Waals surface area contributed by atoms with Gasteiger partial charge in [-0.2, -0.15) is 0 Å². The van der Waals surface area contributed by atoms with Gasteiger partial charge in [0.25, 0.3) is 11.9 Å². The molecular formula is C23H27BN4O7. The van der Waals surface area contributed by atoms with Crippen LogP contribution >= 0.6 is 0 Å². The Bertz CT molecular complexity index is 1040. The number of hydrogen-bond acceptors (Lipinski definition) is 8. The molecule has 3 N–H and O–H groups in total. The lowest BCUT2D eigenvalue weighted by Crippen LogP contribution is -2.59. The first kappa shape index (κ1) is 25.8. The van der Waals surface area contributed by atoms with Crippen molar-refractivity contribution in [3.8, 4) is 0 Å². The summed E-state index contributed by atoms with van der Waals surface area (Å²) in [6, 6.07) is 8.11. The molecule has 0 spiro atoms. The SMILES string of the molecule is CC(C)CC(NC(=O)C(Cc1ccccc1)NC(=O)c1cnccn1)B1OC(=O)C[C@H](C(=O)O)O1. The summed E-state index contributed by atoms with van der Waals surface area (Å²) in [4.78, 5) is 57.3. The average Bonchev–Trinajstić information content (AvgIpc) is 2.83. The Labute approximate surface area is 202 Å². The molecule has 2 amide bonds. The van der Waals surface area contributed by atoms with Crippen LogP contribution in [-0.2, 0) is 30.1 Å². The summed E-state index contributed by atoms with van der Waals surface area (Å²) in [5, 5.41) is 14.8. The molecule has 0 saturated carbocycles. The molecular weight excluding hydrogens is 455 g/mol. The Morgan fingerprint density at radius 2 is 1.91 bits per heavy atom. The summed E-state index contributed by atoms with van der Waals surface area (Å²) in [6.07, 6.45) is 2.81. The van der Waals surface area contributed by atoms with E-state index in [1.54, 1.807) is 0 Å². The number of carbonyl (C=O) groups is 4. The van der Waals surface area contributed by atoms with Gasteiger partial charge < -0.3 is 25.0 Å². The third-order valence-corrected chi connectivity index (χ3v) is 5.26. The van der Waals surface area contributed by atoms with Gasteiger partial charge in [-0.1, -0.05) is 44.2 Å². The van der Waals surface area contributed by atoms with Crippen LogP contribution in [0.15, 0.2) is 48.9 Å². The van der Waals surface area contributed by atoms with Crippen molar-refractivity contribution in [1.29, 1.82) is 0 Å². The molecule has 184 valence electrons. The lowest BCUT2D eigenvalue weighted by Gasteiger charge is -2.31. The second kappa shape index (κ2) is 12.1. The highest BCUT2D eigenvalue weighted by Gasteiger charge is 2.44. The van der Waals surface area contributed by atoms with Crippen molar-refractivity contribution in [2.75, 3.05) is 0 Å². The molecule has 0 aliphatic carbocycles. The van der Waals surface area contributed by atoms with E-state index < -0.39 is 55.4 Å². The number of hydrogen-bond donors (Lipinski definition) is 3. The molecule has 3 rings (SSSR count). The van der Waals surface area contributed by atoms with Crippen LogP contribution in [0.3, 0.4) is 0 Å². The maximum atomic E-state index is 13.4. The molecule has 1 saturated heterocycles.